The van der Waals surface area contributed by atoms with Crippen LogP contribution in [-0.4, -0.2) is 23.9 Å². The van der Waals surface area contributed by atoms with Gasteiger partial charge in [-0.3, -0.25) is 14.5 Å². The van der Waals surface area contributed by atoms with Crippen molar-refractivity contribution in [2.75, 3.05) is 11.4 Å². The van der Waals surface area contributed by atoms with E-state index in [2.05, 4.69) is 21.2 Å². The van der Waals surface area contributed by atoms with Gasteiger partial charge in [0.05, 0.1) is 15.7 Å². The summed E-state index contributed by atoms with van der Waals surface area (Å²) in [5.74, 6) is -0.466. The molecule has 0 aliphatic carbocycles. The number of piperazine rings is 1. The predicted octanol–water partition coefficient (Wildman–Crippen LogP) is 3.00. The van der Waals surface area contributed by atoms with E-state index in [0.29, 0.717) is 15.2 Å². The van der Waals surface area contributed by atoms with Gasteiger partial charge in [-0.05, 0) is 41.9 Å². The van der Waals surface area contributed by atoms with Gasteiger partial charge in [0.2, 0.25) is 5.91 Å². The molecule has 0 saturated carbocycles. The minimum Gasteiger partial charge on any atom is -0.341 e. The highest BCUT2D eigenvalue weighted by molar-refractivity contribution is 9.10. The van der Waals surface area contributed by atoms with Gasteiger partial charge in [-0.15, -0.1) is 0 Å². The molecule has 1 aliphatic rings. The molecule has 1 aromatic carbocycles. The Balaban J connectivity index is 2.49. The van der Waals surface area contributed by atoms with E-state index >= 15 is 0 Å². The molecule has 2 rings (SSSR count). The highest BCUT2D eigenvalue weighted by Gasteiger charge is 2.40. The quantitative estimate of drug-likeness (QED) is 0.777. The molecule has 0 unspecified atom stereocenters. The molecule has 1 saturated heterocycles. The molecule has 19 heavy (non-hydrogen) atoms. The van der Waals surface area contributed by atoms with Gasteiger partial charge in [0, 0.05) is 4.47 Å². The highest BCUT2D eigenvalue weighted by atomic mass is 79.9. The zero-order valence-electron chi connectivity index (χ0n) is 10.3. The first-order valence-electron chi connectivity index (χ1n) is 5.50. The van der Waals surface area contributed by atoms with Crippen molar-refractivity contribution < 1.29 is 9.59 Å². The fourth-order valence-corrected chi connectivity index (χ4v) is 2.78. The van der Waals surface area contributed by atoms with Crippen LogP contribution in [0.4, 0.5) is 5.69 Å². The first-order valence-corrected chi connectivity index (χ1v) is 7.05. The van der Waals surface area contributed by atoms with Gasteiger partial charge in [0.25, 0.3) is 5.91 Å². The Hall–Kier alpha value is -0.780. The Morgan fingerprint density at radius 2 is 1.89 bits per heavy atom. The second-order valence-electron chi connectivity index (χ2n) is 4.76. The van der Waals surface area contributed by atoms with Crippen molar-refractivity contribution in [2.45, 2.75) is 19.4 Å². The summed E-state index contributed by atoms with van der Waals surface area (Å²) in [7, 11) is 0. The number of benzene rings is 1. The molecule has 2 amide bonds. The first-order chi connectivity index (χ1) is 8.74. The maximum absolute atomic E-state index is 12.3. The maximum atomic E-state index is 12.3. The van der Waals surface area contributed by atoms with Crippen molar-refractivity contribution in [3.05, 3.63) is 26.7 Å². The van der Waals surface area contributed by atoms with E-state index in [0.717, 1.165) is 0 Å². The molecule has 0 radical (unpaired) electrons. The summed E-state index contributed by atoms with van der Waals surface area (Å²) < 4.78 is 0.635. The van der Waals surface area contributed by atoms with Crippen LogP contribution in [0.1, 0.15) is 13.8 Å². The van der Waals surface area contributed by atoms with E-state index in [4.69, 9.17) is 23.2 Å². The van der Waals surface area contributed by atoms with Gasteiger partial charge >= 0.3 is 0 Å². The molecular formula is C12H11BrCl2N2O2. The van der Waals surface area contributed by atoms with Crippen LogP contribution in [0.2, 0.25) is 10.0 Å². The van der Waals surface area contributed by atoms with Crippen LogP contribution in [0.25, 0.3) is 0 Å². The van der Waals surface area contributed by atoms with Gasteiger partial charge in [-0.1, -0.05) is 23.2 Å². The summed E-state index contributed by atoms with van der Waals surface area (Å²) >= 11 is 15.4. The van der Waals surface area contributed by atoms with Crippen LogP contribution in [-0.2, 0) is 9.59 Å². The summed E-state index contributed by atoms with van der Waals surface area (Å²) in [6.45, 7) is 3.22. The number of anilines is 1. The van der Waals surface area contributed by atoms with Crippen LogP contribution < -0.4 is 10.2 Å². The minimum atomic E-state index is -0.960. The average Bonchev–Trinajstić information content (AvgIpc) is 2.31. The third-order valence-corrected chi connectivity index (χ3v) is 4.60. The van der Waals surface area contributed by atoms with Gasteiger partial charge < -0.3 is 5.32 Å². The monoisotopic (exact) mass is 364 g/mol. The van der Waals surface area contributed by atoms with E-state index in [1.165, 1.54) is 4.90 Å². The molecule has 4 nitrogen and oxygen atoms in total. The third kappa shape index (κ3) is 2.59. The lowest BCUT2D eigenvalue weighted by atomic mass is 10.00. The lowest BCUT2D eigenvalue weighted by Gasteiger charge is -2.37. The summed E-state index contributed by atoms with van der Waals surface area (Å²) in [6.07, 6.45) is 0. The van der Waals surface area contributed by atoms with Gasteiger partial charge in [0.15, 0.2) is 0 Å². The molecular weight excluding hydrogens is 355 g/mol. The Morgan fingerprint density at radius 1 is 1.26 bits per heavy atom. The number of carbonyl (C=O) groups is 2. The van der Waals surface area contributed by atoms with Crippen molar-refractivity contribution in [1.29, 1.82) is 0 Å². The number of hydrogen-bond acceptors (Lipinski definition) is 2. The summed E-state index contributed by atoms with van der Waals surface area (Å²) in [4.78, 5) is 25.4. The summed E-state index contributed by atoms with van der Waals surface area (Å²) in [5, 5.41) is 3.20. The molecule has 102 valence electrons. The zero-order valence-corrected chi connectivity index (χ0v) is 13.4. The Kier molecular flexibility index (Phi) is 3.82. The lowest BCUT2D eigenvalue weighted by Crippen LogP contribution is -2.64. The predicted molar refractivity (Wildman–Crippen MR) is 78.7 cm³/mol. The average molecular weight is 366 g/mol. The van der Waals surface area contributed by atoms with Crippen LogP contribution >= 0.6 is 39.1 Å². The van der Waals surface area contributed by atoms with Crippen molar-refractivity contribution in [2.24, 2.45) is 0 Å². The fourth-order valence-electron chi connectivity index (χ4n) is 1.91. The minimum absolute atomic E-state index is 0.0695. The number of halogens is 3. The first kappa shape index (κ1) is 14.6. The molecule has 1 heterocycles. The second kappa shape index (κ2) is 4.96. The molecule has 1 aromatic rings. The molecule has 1 N–H and O–H groups in total. The summed E-state index contributed by atoms with van der Waals surface area (Å²) in [6, 6.07) is 3.35. The molecule has 0 spiro atoms. The number of hydrogen-bond donors (Lipinski definition) is 1. The van der Waals surface area contributed by atoms with Crippen molar-refractivity contribution >= 4 is 56.6 Å². The maximum Gasteiger partial charge on any atom is 0.252 e. The van der Waals surface area contributed by atoms with E-state index < -0.39 is 5.54 Å². The number of nitrogens with one attached hydrogen (secondary N) is 1. The van der Waals surface area contributed by atoms with Gasteiger partial charge in [-0.2, -0.15) is 0 Å². The van der Waals surface area contributed by atoms with Crippen LogP contribution in [0, 0.1) is 0 Å². The lowest BCUT2D eigenvalue weighted by molar-refractivity contribution is -0.134. The van der Waals surface area contributed by atoms with Crippen molar-refractivity contribution in [3.8, 4) is 0 Å². The fraction of sp³-hybridized carbons (Fsp3) is 0.333. The molecule has 7 heteroatoms. The van der Waals surface area contributed by atoms with Gasteiger partial charge in [0.1, 0.15) is 12.1 Å². The van der Waals surface area contributed by atoms with Crippen LogP contribution in [0.15, 0.2) is 16.6 Å². The van der Waals surface area contributed by atoms with E-state index in [-0.39, 0.29) is 23.4 Å². The van der Waals surface area contributed by atoms with E-state index in [1.54, 1.807) is 26.0 Å². The number of amides is 2. The smallest absolute Gasteiger partial charge is 0.252 e. The van der Waals surface area contributed by atoms with Crippen LogP contribution in [0.5, 0.6) is 0 Å². The molecule has 0 atom stereocenters. The van der Waals surface area contributed by atoms with Crippen molar-refractivity contribution in [3.63, 3.8) is 0 Å². The highest BCUT2D eigenvalue weighted by Crippen LogP contribution is 2.38. The standard InChI is InChI=1S/C12H11BrCl2N2O2/c1-12(2)11(19)17(5-8(18)16-12)7-4-3-6(13)9(14)10(7)15/h3-4H,5H2,1-2H3,(H,16,18). The van der Waals surface area contributed by atoms with Crippen molar-refractivity contribution in [1.82, 2.24) is 5.32 Å². The van der Waals surface area contributed by atoms with E-state index in [1.807, 2.05) is 0 Å². The SMILES string of the molecule is CC1(C)NC(=O)CN(c2ccc(Br)c(Cl)c2Cl)C1=O. The topological polar surface area (TPSA) is 49.4 Å². The Morgan fingerprint density at radius 3 is 2.53 bits per heavy atom. The third-order valence-electron chi connectivity index (χ3n) is 2.84. The number of carbonyl (C=O) groups excluding carboxylic acids is 2. The largest absolute Gasteiger partial charge is 0.341 e. The number of nitrogens with zero attached hydrogens (tertiary/aromatic N) is 1. The molecule has 0 bridgehead atoms. The molecule has 1 fully saturated rings. The molecule has 1 aliphatic heterocycles. The molecule has 0 aromatic heterocycles. The second-order valence-corrected chi connectivity index (χ2v) is 6.37. The summed E-state index contributed by atoms with van der Waals surface area (Å²) in [5.41, 5.74) is -0.527. The van der Waals surface area contributed by atoms with Gasteiger partial charge in [-0.25, -0.2) is 0 Å². The Labute approximate surface area is 129 Å². The normalized spacial score (nSPS) is 18.5. The Bertz CT molecular complexity index is 575. The van der Waals surface area contributed by atoms with Crippen LogP contribution in [0.3, 0.4) is 0 Å². The zero-order chi connectivity index (χ0) is 14.4. The van der Waals surface area contributed by atoms with E-state index in [9.17, 15) is 9.59 Å². The number of rotatable bonds is 1.